The zero-order valence-electron chi connectivity index (χ0n) is 9.51. The minimum Gasteiger partial charge on any atom is -0.298 e. The van der Waals surface area contributed by atoms with Crippen molar-refractivity contribution in [3.8, 4) is 11.1 Å². The van der Waals surface area contributed by atoms with E-state index >= 15 is 0 Å². The van der Waals surface area contributed by atoms with Crippen LogP contribution in [0, 0.1) is 6.92 Å². The van der Waals surface area contributed by atoms with Crippen LogP contribution in [-0.2, 0) is 0 Å². The Morgan fingerprint density at radius 3 is 2.18 bits per heavy atom. The third-order valence-corrected chi connectivity index (χ3v) is 2.69. The van der Waals surface area contributed by atoms with Crippen molar-refractivity contribution in [3.63, 3.8) is 0 Å². The maximum Gasteiger partial charge on any atom is 0.150 e. The lowest BCUT2D eigenvalue weighted by Gasteiger charge is -2.06. The molecule has 0 radical (unpaired) electrons. The number of rotatable bonds is 3. The Kier molecular flexibility index (Phi) is 3.15. The summed E-state index contributed by atoms with van der Waals surface area (Å²) >= 11 is 0. The molecule has 0 saturated carbocycles. The molecule has 0 aliphatic carbocycles. The fourth-order valence-corrected chi connectivity index (χ4v) is 1.76. The maximum atomic E-state index is 11.0. The summed E-state index contributed by atoms with van der Waals surface area (Å²) in [5, 5.41) is 0. The normalized spacial score (nSPS) is 9.94. The molecule has 0 heterocycles. The molecule has 0 N–H and O–H groups in total. The van der Waals surface area contributed by atoms with Gasteiger partial charge in [0.05, 0.1) is 0 Å². The highest BCUT2D eigenvalue weighted by Gasteiger charge is 2.04. The second-order valence-electron chi connectivity index (χ2n) is 3.95. The molecule has 0 amide bonds. The Balaban J connectivity index is 2.54. The molecule has 2 aromatic carbocycles. The van der Waals surface area contributed by atoms with Crippen LogP contribution in [0.4, 0.5) is 0 Å². The molecule has 2 nitrogen and oxygen atoms in total. The fraction of sp³-hybridized carbons (Fsp3) is 0.0667. The molecule has 0 spiro atoms. The molecule has 0 unspecified atom stereocenters. The molecule has 2 aromatic rings. The van der Waals surface area contributed by atoms with Gasteiger partial charge in [-0.2, -0.15) is 0 Å². The summed E-state index contributed by atoms with van der Waals surface area (Å²) in [6, 6.07) is 12.9. The Morgan fingerprint density at radius 2 is 1.59 bits per heavy atom. The number of hydrogen-bond acceptors (Lipinski definition) is 2. The van der Waals surface area contributed by atoms with E-state index in [-0.39, 0.29) is 0 Å². The summed E-state index contributed by atoms with van der Waals surface area (Å²) in [6.07, 6.45) is 1.66. The first-order valence-electron chi connectivity index (χ1n) is 5.36. The number of carbonyl (C=O) groups excluding carboxylic acids is 2. The van der Waals surface area contributed by atoms with Gasteiger partial charge in [-0.05, 0) is 18.1 Å². The number of carbonyl (C=O) groups is 2. The maximum absolute atomic E-state index is 11.0. The van der Waals surface area contributed by atoms with Crippen molar-refractivity contribution >= 4 is 12.6 Å². The van der Waals surface area contributed by atoms with Crippen LogP contribution in [0.5, 0.6) is 0 Å². The molecule has 17 heavy (non-hydrogen) atoms. The molecule has 0 bridgehead atoms. The highest BCUT2D eigenvalue weighted by Crippen LogP contribution is 2.24. The number of aldehydes is 2. The summed E-state index contributed by atoms with van der Waals surface area (Å²) in [5.41, 5.74) is 4.24. The van der Waals surface area contributed by atoms with E-state index in [9.17, 15) is 9.59 Å². The zero-order chi connectivity index (χ0) is 12.3. The van der Waals surface area contributed by atoms with E-state index in [1.54, 1.807) is 12.1 Å². The molecule has 0 fully saturated rings. The van der Waals surface area contributed by atoms with Gasteiger partial charge in [0.1, 0.15) is 6.29 Å². The minimum atomic E-state index is 0.633. The molecule has 0 saturated heterocycles. The molecular weight excluding hydrogens is 212 g/mol. The second kappa shape index (κ2) is 4.74. The molecule has 2 rings (SSSR count). The van der Waals surface area contributed by atoms with E-state index in [2.05, 4.69) is 0 Å². The van der Waals surface area contributed by atoms with E-state index < -0.39 is 0 Å². The van der Waals surface area contributed by atoms with Crippen LogP contribution in [0.2, 0.25) is 0 Å². The topological polar surface area (TPSA) is 34.1 Å². The molecule has 0 aliphatic rings. The monoisotopic (exact) mass is 224 g/mol. The van der Waals surface area contributed by atoms with Crippen molar-refractivity contribution in [1.82, 2.24) is 0 Å². The Labute approximate surface area is 99.9 Å². The lowest BCUT2D eigenvalue weighted by atomic mass is 9.97. The van der Waals surface area contributed by atoms with Crippen LogP contribution in [0.3, 0.4) is 0 Å². The summed E-state index contributed by atoms with van der Waals surface area (Å²) in [5.74, 6) is 0. The first-order valence-corrected chi connectivity index (χ1v) is 5.36. The van der Waals surface area contributed by atoms with Crippen molar-refractivity contribution in [2.24, 2.45) is 0 Å². The summed E-state index contributed by atoms with van der Waals surface area (Å²) < 4.78 is 0. The first kappa shape index (κ1) is 11.3. The molecule has 2 heteroatoms. The van der Waals surface area contributed by atoms with Gasteiger partial charge >= 0.3 is 0 Å². The van der Waals surface area contributed by atoms with E-state index in [0.717, 1.165) is 29.3 Å². The van der Waals surface area contributed by atoms with Crippen LogP contribution in [0.25, 0.3) is 11.1 Å². The Hall–Kier alpha value is -2.22. The van der Waals surface area contributed by atoms with Crippen molar-refractivity contribution in [3.05, 3.63) is 59.2 Å². The molecule has 0 aromatic heterocycles. The summed E-state index contributed by atoms with van der Waals surface area (Å²) in [7, 11) is 0. The lowest BCUT2D eigenvalue weighted by Crippen LogP contribution is -1.89. The van der Waals surface area contributed by atoms with Gasteiger partial charge in [-0.3, -0.25) is 9.59 Å². The number of benzene rings is 2. The van der Waals surface area contributed by atoms with Crippen molar-refractivity contribution < 1.29 is 9.59 Å². The van der Waals surface area contributed by atoms with Gasteiger partial charge in [-0.15, -0.1) is 0 Å². The quantitative estimate of drug-likeness (QED) is 0.750. The Bertz CT molecular complexity index is 554. The highest BCUT2D eigenvalue weighted by atomic mass is 16.1. The van der Waals surface area contributed by atoms with Gasteiger partial charge in [0.15, 0.2) is 6.29 Å². The number of aryl methyl sites for hydroxylation is 1. The van der Waals surface area contributed by atoms with Gasteiger partial charge in [-0.1, -0.05) is 48.0 Å². The van der Waals surface area contributed by atoms with E-state index in [4.69, 9.17) is 0 Å². The van der Waals surface area contributed by atoms with Crippen molar-refractivity contribution in [2.75, 3.05) is 0 Å². The third-order valence-electron chi connectivity index (χ3n) is 2.69. The first-order chi connectivity index (χ1) is 8.24. The Morgan fingerprint density at radius 1 is 0.882 bits per heavy atom. The minimum absolute atomic E-state index is 0.633. The third kappa shape index (κ3) is 2.31. The van der Waals surface area contributed by atoms with Crippen molar-refractivity contribution in [1.29, 1.82) is 0 Å². The van der Waals surface area contributed by atoms with Crippen LogP contribution in [0.1, 0.15) is 26.3 Å². The van der Waals surface area contributed by atoms with Gasteiger partial charge < -0.3 is 0 Å². The standard InChI is InChI=1S/C15H12O2/c1-11-2-5-14(10-17)15(8-11)13-6-3-12(9-16)4-7-13/h2-10H,1H3. The summed E-state index contributed by atoms with van der Waals surface area (Å²) in [4.78, 5) is 21.6. The van der Waals surface area contributed by atoms with E-state index in [1.807, 2.05) is 37.3 Å². The average molecular weight is 224 g/mol. The van der Waals surface area contributed by atoms with E-state index in [1.165, 1.54) is 0 Å². The smallest absolute Gasteiger partial charge is 0.150 e. The molecule has 0 aliphatic heterocycles. The predicted molar refractivity (Wildman–Crippen MR) is 67.4 cm³/mol. The van der Waals surface area contributed by atoms with Crippen molar-refractivity contribution in [2.45, 2.75) is 6.92 Å². The second-order valence-corrected chi connectivity index (χ2v) is 3.95. The predicted octanol–water partition coefficient (Wildman–Crippen LogP) is 3.29. The molecular formula is C15H12O2. The molecule has 0 atom stereocenters. The van der Waals surface area contributed by atoms with Gasteiger partial charge in [0.2, 0.25) is 0 Å². The lowest BCUT2D eigenvalue weighted by molar-refractivity contribution is 0.111. The highest BCUT2D eigenvalue weighted by molar-refractivity contribution is 5.88. The van der Waals surface area contributed by atoms with Gasteiger partial charge in [0, 0.05) is 11.1 Å². The average Bonchev–Trinajstić information content (AvgIpc) is 2.39. The van der Waals surface area contributed by atoms with Crippen LogP contribution >= 0.6 is 0 Å². The van der Waals surface area contributed by atoms with Gasteiger partial charge in [-0.25, -0.2) is 0 Å². The fourth-order valence-electron chi connectivity index (χ4n) is 1.76. The van der Waals surface area contributed by atoms with E-state index in [0.29, 0.717) is 11.1 Å². The number of hydrogen-bond donors (Lipinski definition) is 0. The van der Waals surface area contributed by atoms with Crippen LogP contribution in [-0.4, -0.2) is 12.6 Å². The van der Waals surface area contributed by atoms with Gasteiger partial charge in [0.25, 0.3) is 0 Å². The van der Waals surface area contributed by atoms with Crippen LogP contribution in [0.15, 0.2) is 42.5 Å². The zero-order valence-corrected chi connectivity index (χ0v) is 9.51. The molecule has 84 valence electrons. The SMILES string of the molecule is Cc1ccc(C=O)c(-c2ccc(C=O)cc2)c1. The van der Waals surface area contributed by atoms with Crippen LogP contribution < -0.4 is 0 Å². The largest absolute Gasteiger partial charge is 0.298 e. The summed E-state index contributed by atoms with van der Waals surface area (Å²) in [6.45, 7) is 1.98.